The fraction of sp³-hybridized carbons (Fsp3) is 0.615. The predicted molar refractivity (Wildman–Crippen MR) is 84.9 cm³/mol. The lowest BCUT2D eigenvalue weighted by atomic mass is 10.00. The summed E-state index contributed by atoms with van der Waals surface area (Å²) < 4.78 is 30.6. The minimum absolute atomic E-state index is 0. The van der Waals surface area contributed by atoms with Crippen molar-refractivity contribution in [1.29, 1.82) is 0 Å². The molecule has 1 atom stereocenters. The highest BCUT2D eigenvalue weighted by molar-refractivity contribution is 7.89. The maximum atomic E-state index is 12.1. The average Bonchev–Trinajstić information content (AvgIpc) is 2.89. The summed E-state index contributed by atoms with van der Waals surface area (Å²) in [5, 5.41) is 5.88. The van der Waals surface area contributed by atoms with Gasteiger partial charge in [-0.3, -0.25) is 4.79 Å². The SMILES string of the molecule is CNS(=O)(=O)c1cc(C(=O)NCC2CCCNC2)c(C)o1.Cl. The van der Waals surface area contributed by atoms with E-state index in [0.717, 1.165) is 25.9 Å². The molecule has 2 rings (SSSR count). The van der Waals surface area contributed by atoms with Crippen molar-refractivity contribution >= 4 is 28.3 Å². The molecule has 3 N–H and O–H groups in total. The third kappa shape index (κ3) is 4.45. The van der Waals surface area contributed by atoms with E-state index in [0.29, 0.717) is 18.2 Å². The molecule has 1 saturated heterocycles. The van der Waals surface area contributed by atoms with E-state index in [2.05, 4.69) is 15.4 Å². The maximum Gasteiger partial charge on any atom is 0.273 e. The van der Waals surface area contributed by atoms with E-state index in [1.807, 2.05) is 0 Å². The Bertz CT molecular complexity index is 609. The van der Waals surface area contributed by atoms with E-state index in [4.69, 9.17) is 4.42 Å². The molecular formula is C13H22ClN3O4S. The first-order valence-corrected chi connectivity index (χ1v) is 8.45. The number of aryl methyl sites for hydroxylation is 1. The van der Waals surface area contributed by atoms with Crippen LogP contribution in [0, 0.1) is 12.8 Å². The minimum Gasteiger partial charge on any atom is -0.448 e. The number of hydrogen-bond donors (Lipinski definition) is 3. The van der Waals surface area contributed by atoms with Crippen molar-refractivity contribution < 1.29 is 17.6 Å². The standard InChI is InChI=1S/C13H21N3O4S.ClH/c1-9-11(6-12(20-9)21(18,19)14-2)13(17)16-8-10-4-3-5-15-7-10;/h6,10,14-15H,3-5,7-8H2,1-2H3,(H,16,17);1H. The molecular weight excluding hydrogens is 330 g/mol. The summed E-state index contributed by atoms with van der Waals surface area (Å²) in [4.78, 5) is 12.1. The second kappa shape index (κ2) is 7.96. The van der Waals surface area contributed by atoms with E-state index < -0.39 is 10.0 Å². The zero-order valence-corrected chi connectivity index (χ0v) is 14.3. The highest BCUT2D eigenvalue weighted by Gasteiger charge is 2.23. The Morgan fingerprint density at radius 1 is 1.50 bits per heavy atom. The summed E-state index contributed by atoms with van der Waals surface area (Å²) in [6.45, 7) is 4.07. The molecule has 7 nitrogen and oxygen atoms in total. The highest BCUT2D eigenvalue weighted by Crippen LogP contribution is 2.19. The van der Waals surface area contributed by atoms with Crippen LogP contribution in [0.3, 0.4) is 0 Å². The Kier molecular flexibility index (Phi) is 6.86. The van der Waals surface area contributed by atoms with Crippen LogP contribution in [-0.2, 0) is 10.0 Å². The van der Waals surface area contributed by atoms with Crippen LogP contribution < -0.4 is 15.4 Å². The van der Waals surface area contributed by atoms with E-state index in [-0.39, 0.29) is 29.0 Å². The lowest BCUT2D eigenvalue weighted by molar-refractivity contribution is 0.0943. The predicted octanol–water partition coefficient (Wildman–Crippen LogP) is 0.647. The summed E-state index contributed by atoms with van der Waals surface area (Å²) in [5.74, 6) is 0.401. The number of piperidine rings is 1. The molecule has 1 unspecified atom stereocenters. The van der Waals surface area contributed by atoms with Gasteiger partial charge in [0.15, 0.2) is 0 Å². The van der Waals surface area contributed by atoms with Crippen LogP contribution in [0.25, 0.3) is 0 Å². The molecule has 1 aliphatic heterocycles. The number of carbonyl (C=O) groups is 1. The minimum atomic E-state index is -3.68. The number of amides is 1. The molecule has 0 bridgehead atoms. The number of nitrogens with one attached hydrogen (secondary N) is 3. The summed E-state index contributed by atoms with van der Waals surface area (Å²) in [5.41, 5.74) is 0.257. The molecule has 1 aliphatic rings. The monoisotopic (exact) mass is 351 g/mol. The van der Waals surface area contributed by atoms with Crippen molar-refractivity contribution in [2.24, 2.45) is 5.92 Å². The number of halogens is 1. The van der Waals surface area contributed by atoms with E-state index in [1.54, 1.807) is 6.92 Å². The molecule has 0 spiro atoms. The topological polar surface area (TPSA) is 100 Å². The van der Waals surface area contributed by atoms with Crippen molar-refractivity contribution in [3.63, 3.8) is 0 Å². The summed E-state index contributed by atoms with van der Waals surface area (Å²) in [6.07, 6.45) is 2.19. The molecule has 0 aromatic carbocycles. The van der Waals surface area contributed by atoms with Gasteiger partial charge < -0.3 is 15.1 Å². The average molecular weight is 352 g/mol. The Balaban J connectivity index is 0.00000242. The maximum absolute atomic E-state index is 12.1. The third-order valence-corrected chi connectivity index (χ3v) is 4.89. The van der Waals surface area contributed by atoms with Gasteiger partial charge in [-0.15, -0.1) is 12.4 Å². The molecule has 1 aromatic heterocycles. The number of sulfonamides is 1. The van der Waals surface area contributed by atoms with Crippen LogP contribution in [-0.4, -0.2) is 41.0 Å². The second-order valence-electron chi connectivity index (χ2n) is 5.17. The van der Waals surface area contributed by atoms with Crippen LogP contribution in [0.5, 0.6) is 0 Å². The Morgan fingerprint density at radius 2 is 2.23 bits per heavy atom. The Hall–Kier alpha value is -1.09. The highest BCUT2D eigenvalue weighted by atomic mass is 35.5. The van der Waals surface area contributed by atoms with Crippen molar-refractivity contribution in [3.8, 4) is 0 Å². The van der Waals surface area contributed by atoms with Gasteiger partial charge in [0.1, 0.15) is 5.76 Å². The molecule has 22 heavy (non-hydrogen) atoms. The van der Waals surface area contributed by atoms with Crippen molar-refractivity contribution in [2.75, 3.05) is 26.7 Å². The van der Waals surface area contributed by atoms with Crippen molar-refractivity contribution in [3.05, 3.63) is 17.4 Å². The van der Waals surface area contributed by atoms with Gasteiger partial charge in [-0.2, -0.15) is 0 Å². The van der Waals surface area contributed by atoms with Gasteiger partial charge in [-0.25, -0.2) is 13.1 Å². The van der Waals surface area contributed by atoms with Gasteiger partial charge in [-0.05, 0) is 45.8 Å². The van der Waals surface area contributed by atoms with Crippen molar-refractivity contribution in [1.82, 2.24) is 15.4 Å². The smallest absolute Gasteiger partial charge is 0.273 e. The quantitative estimate of drug-likeness (QED) is 0.723. The lowest BCUT2D eigenvalue weighted by Gasteiger charge is -2.22. The summed E-state index contributed by atoms with van der Waals surface area (Å²) in [6, 6.07) is 1.26. The number of rotatable bonds is 5. The van der Waals surface area contributed by atoms with Gasteiger partial charge in [0.25, 0.3) is 15.9 Å². The van der Waals surface area contributed by atoms with E-state index in [1.165, 1.54) is 13.1 Å². The zero-order chi connectivity index (χ0) is 15.5. The number of hydrogen-bond acceptors (Lipinski definition) is 5. The molecule has 0 radical (unpaired) electrons. The van der Waals surface area contributed by atoms with Gasteiger partial charge in [0.2, 0.25) is 5.09 Å². The van der Waals surface area contributed by atoms with E-state index in [9.17, 15) is 13.2 Å². The summed E-state index contributed by atoms with van der Waals surface area (Å²) in [7, 11) is -2.38. The first-order valence-electron chi connectivity index (χ1n) is 6.97. The normalized spacial score (nSPS) is 18.5. The van der Waals surface area contributed by atoms with Crippen LogP contribution in [0.15, 0.2) is 15.6 Å². The molecule has 9 heteroatoms. The van der Waals surface area contributed by atoms with Crippen LogP contribution in [0.2, 0.25) is 0 Å². The van der Waals surface area contributed by atoms with Crippen molar-refractivity contribution in [2.45, 2.75) is 24.9 Å². The third-order valence-electron chi connectivity index (χ3n) is 3.62. The number of carbonyl (C=O) groups excluding carboxylic acids is 1. The van der Waals surface area contributed by atoms with Gasteiger partial charge in [0, 0.05) is 12.6 Å². The largest absolute Gasteiger partial charge is 0.448 e. The molecule has 1 fully saturated rings. The molecule has 1 amide bonds. The lowest BCUT2D eigenvalue weighted by Crippen LogP contribution is -2.38. The Morgan fingerprint density at radius 3 is 2.82 bits per heavy atom. The fourth-order valence-electron chi connectivity index (χ4n) is 2.34. The number of furan rings is 1. The van der Waals surface area contributed by atoms with Gasteiger partial charge in [0.05, 0.1) is 5.56 Å². The molecule has 1 aromatic rings. The molecule has 0 saturated carbocycles. The molecule has 0 aliphatic carbocycles. The molecule has 126 valence electrons. The van der Waals surface area contributed by atoms with Crippen LogP contribution in [0.4, 0.5) is 0 Å². The molecule has 2 heterocycles. The fourth-order valence-corrected chi connectivity index (χ4v) is 3.05. The first-order chi connectivity index (χ1) is 9.94. The van der Waals surface area contributed by atoms with Gasteiger partial charge >= 0.3 is 0 Å². The Labute approximate surface area is 136 Å². The van der Waals surface area contributed by atoms with Crippen LogP contribution >= 0.6 is 12.4 Å². The first kappa shape index (κ1) is 19.0. The van der Waals surface area contributed by atoms with Crippen LogP contribution in [0.1, 0.15) is 29.0 Å². The zero-order valence-electron chi connectivity index (χ0n) is 12.6. The second-order valence-corrected chi connectivity index (χ2v) is 6.98. The van der Waals surface area contributed by atoms with E-state index >= 15 is 0 Å². The summed E-state index contributed by atoms with van der Waals surface area (Å²) >= 11 is 0. The van der Waals surface area contributed by atoms with Gasteiger partial charge in [-0.1, -0.05) is 0 Å².